The average Bonchev–Trinajstić information content (AvgIpc) is 2.36. The molecule has 1 aliphatic carbocycles. The maximum absolute atomic E-state index is 13.0. The van der Waals surface area contributed by atoms with Crippen molar-refractivity contribution in [3.8, 4) is 0 Å². The van der Waals surface area contributed by atoms with Gasteiger partial charge in [0.2, 0.25) is 15.0 Å². The summed E-state index contributed by atoms with van der Waals surface area (Å²) in [6.07, 6.45) is -3.84. The monoisotopic (exact) mass is 339 g/mol. The zero-order valence-electron chi connectivity index (χ0n) is 12.1. The van der Waals surface area contributed by atoms with Crippen LogP contribution in [0.25, 0.3) is 0 Å². The third-order valence-corrected chi connectivity index (χ3v) is 4.79. The SMILES string of the molecule is CC1(C)[C@@H](O)C[C@H]1Nc1nc(S(C)(=O)=O)ncc1C(F)(F)F. The molecule has 0 spiro atoms. The fraction of sp³-hybridized carbons (Fsp3) is 0.667. The fourth-order valence-corrected chi connectivity index (χ4v) is 2.68. The molecule has 1 aliphatic rings. The van der Waals surface area contributed by atoms with E-state index in [-0.39, 0.29) is 6.42 Å². The number of nitrogens with zero attached hydrogens (tertiary/aromatic N) is 2. The first-order valence-corrected chi connectivity index (χ1v) is 8.31. The van der Waals surface area contributed by atoms with Crippen LogP contribution in [0.5, 0.6) is 0 Å². The quantitative estimate of drug-likeness (QED) is 0.810. The molecule has 124 valence electrons. The van der Waals surface area contributed by atoms with Gasteiger partial charge in [-0.3, -0.25) is 0 Å². The second-order valence-electron chi connectivity index (χ2n) is 5.95. The molecular formula is C12H16F3N3O3S. The number of sulfone groups is 1. The summed E-state index contributed by atoms with van der Waals surface area (Å²) < 4.78 is 61.8. The number of aliphatic hydroxyl groups is 1. The minimum Gasteiger partial charge on any atom is -0.392 e. The molecule has 2 atom stereocenters. The number of alkyl halides is 3. The Kier molecular flexibility index (Phi) is 3.89. The van der Waals surface area contributed by atoms with Gasteiger partial charge in [-0.25, -0.2) is 18.4 Å². The molecule has 0 unspecified atom stereocenters. The van der Waals surface area contributed by atoms with E-state index in [0.717, 1.165) is 6.26 Å². The molecule has 10 heteroatoms. The van der Waals surface area contributed by atoms with Gasteiger partial charge in [-0.05, 0) is 6.42 Å². The number of anilines is 1. The highest BCUT2D eigenvalue weighted by Crippen LogP contribution is 2.43. The number of halogens is 3. The molecule has 0 bridgehead atoms. The van der Waals surface area contributed by atoms with Crippen molar-refractivity contribution in [3.05, 3.63) is 11.8 Å². The van der Waals surface area contributed by atoms with E-state index < -0.39 is 50.1 Å². The lowest BCUT2D eigenvalue weighted by molar-refractivity contribution is -0.137. The number of aromatic nitrogens is 2. The van der Waals surface area contributed by atoms with Gasteiger partial charge < -0.3 is 10.4 Å². The summed E-state index contributed by atoms with van der Waals surface area (Å²) in [4.78, 5) is 6.78. The van der Waals surface area contributed by atoms with E-state index in [1.54, 1.807) is 13.8 Å². The Morgan fingerprint density at radius 2 is 2.00 bits per heavy atom. The predicted molar refractivity (Wildman–Crippen MR) is 72.0 cm³/mol. The summed E-state index contributed by atoms with van der Waals surface area (Å²) in [6.45, 7) is 3.40. The van der Waals surface area contributed by atoms with E-state index in [2.05, 4.69) is 15.3 Å². The summed E-state index contributed by atoms with van der Waals surface area (Å²) in [5, 5.41) is 11.6. The highest BCUT2D eigenvalue weighted by atomic mass is 32.2. The van der Waals surface area contributed by atoms with E-state index in [9.17, 15) is 26.7 Å². The van der Waals surface area contributed by atoms with Gasteiger partial charge in [-0.15, -0.1) is 0 Å². The van der Waals surface area contributed by atoms with Crippen LogP contribution in [0, 0.1) is 5.41 Å². The Morgan fingerprint density at radius 1 is 1.41 bits per heavy atom. The van der Waals surface area contributed by atoms with Crippen LogP contribution < -0.4 is 5.32 Å². The van der Waals surface area contributed by atoms with Gasteiger partial charge in [0, 0.05) is 23.9 Å². The standard InChI is InChI=1S/C12H16F3N3O3S/c1-11(2)7(4-8(11)19)17-9-6(12(13,14)15)5-16-10(18-9)22(3,20)21/h5,7-8,19H,4H2,1-3H3,(H,16,17,18)/t7-,8+/m1/s1. The number of nitrogens with one attached hydrogen (secondary N) is 1. The van der Waals surface area contributed by atoms with Crippen LogP contribution in [-0.2, 0) is 16.0 Å². The maximum Gasteiger partial charge on any atom is 0.421 e. The number of rotatable bonds is 3. The van der Waals surface area contributed by atoms with Gasteiger partial charge in [0.05, 0.1) is 6.10 Å². The molecule has 1 aromatic heterocycles. The topological polar surface area (TPSA) is 92.2 Å². The molecule has 0 amide bonds. The van der Waals surface area contributed by atoms with Crippen LogP contribution in [0.4, 0.5) is 19.0 Å². The second kappa shape index (κ2) is 5.05. The molecule has 0 radical (unpaired) electrons. The molecule has 1 fully saturated rings. The lowest BCUT2D eigenvalue weighted by atomic mass is 9.64. The Labute approximate surface area is 125 Å². The smallest absolute Gasteiger partial charge is 0.392 e. The molecule has 0 aliphatic heterocycles. The third-order valence-electron chi connectivity index (χ3n) is 3.93. The van der Waals surface area contributed by atoms with Crippen molar-refractivity contribution < 1.29 is 26.7 Å². The largest absolute Gasteiger partial charge is 0.421 e. The third kappa shape index (κ3) is 3.02. The lowest BCUT2D eigenvalue weighted by Crippen LogP contribution is -2.57. The molecule has 1 heterocycles. The van der Waals surface area contributed by atoms with Crippen LogP contribution in [0.1, 0.15) is 25.8 Å². The van der Waals surface area contributed by atoms with E-state index in [4.69, 9.17) is 0 Å². The predicted octanol–water partition coefficient (Wildman–Crippen LogP) is 1.47. The van der Waals surface area contributed by atoms with Crippen molar-refractivity contribution in [1.82, 2.24) is 9.97 Å². The van der Waals surface area contributed by atoms with Gasteiger partial charge >= 0.3 is 6.18 Å². The number of hydrogen-bond donors (Lipinski definition) is 2. The zero-order chi connectivity index (χ0) is 16.9. The summed E-state index contributed by atoms with van der Waals surface area (Å²) in [5.74, 6) is -0.590. The highest BCUT2D eigenvalue weighted by molar-refractivity contribution is 7.90. The second-order valence-corrected chi connectivity index (χ2v) is 7.86. The van der Waals surface area contributed by atoms with Gasteiger partial charge in [0.1, 0.15) is 11.4 Å². The summed E-state index contributed by atoms with van der Waals surface area (Å²) in [5.41, 5.74) is -1.78. The minimum atomic E-state index is -4.72. The van der Waals surface area contributed by atoms with Crippen LogP contribution >= 0.6 is 0 Å². The normalized spacial score (nSPS) is 24.7. The molecule has 1 saturated carbocycles. The van der Waals surface area contributed by atoms with Gasteiger partial charge in [-0.1, -0.05) is 13.8 Å². The van der Waals surface area contributed by atoms with Gasteiger partial charge in [0.25, 0.3) is 0 Å². The molecule has 6 nitrogen and oxygen atoms in total. The van der Waals surface area contributed by atoms with Gasteiger partial charge in [0.15, 0.2) is 0 Å². The summed E-state index contributed by atoms with van der Waals surface area (Å²) >= 11 is 0. The van der Waals surface area contributed by atoms with Crippen molar-refractivity contribution in [1.29, 1.82) is 0 Å². The van der Waals surface area contributed by atoms with E-state index in [1.807, 2.05) is 0 Å². The van der Waals surface area contributed by atoms with Crippen LogP contribution in [0.15, 0.2) is 11.4 Å². The molecule has 0 aromatic carbocycles. The van der Waals surface area contributed by atoms with Crippen LogP contribution in [-0.4, -0.2) is 41.9 Å². The molecule has 2 rings (SSSR count). The first kappa shape index (κ1) is 16.9. The lowest BCUT2D eigenvalue weighted by Gasteiger charge is -2.49. The molecular weight excluding hydrogens is 323 g/mol. The van der Waals surface area contributed by atoms with Crippen molar-refractivity contribution in [2.75, 3.05) is 11.6 Å². The highest BCUT2D eigenvalue weighted by Gasteiger charge is 2.48. The average molecular weight is 339 g/mol. The number of hydrogen-bond acceptors (Lipinski definition) is 6. The first-order chi connectivity index (χ1) is 9.83. The van der Waals surface area contributed by atoms with E-state index >= 15 is 0 Å². The zero-order valence-corrected chi connectivity index (χ0v) is 13.0. The van der Waals surface area contributed by atoms with Crippen LogP contribution in [0.3, 0.4) is 0 Å². The Morgan fingerprint density at radius 3 is 2.41 bits per heavy atom. The molecule has 2 N–H and O–H groups in total. The summed E-state index contributed by atoms with van der Waals surface area (Å²) in [7, 11) is -3.83. The minimum absolute atomic E-state index is 0.252. The van der Waals surface area contributed by atoms with Gasteiger partial charge in [-0.2, -0.15) is 13.2 Å². The first-order valence-electron chi connectivity index (χ1n) is 6.42. The van der Waals surface area contributed by atoms with Crippen molar-refractivity contribution >= 4 is 15.7 Å². The van der Waals surface area contributed by atoms with Crippen molar-refractivity contribution in [3.63, 3.8) is 0 Å². The van der Waals surface area contributed by atoms with Crippen molar-refractivity contribution in [2.45, 2.75) is 43.7 Å². The van der Waals surface area contributed by atoms with E-state index in [0.29, 0.717) is 6.20 Å². The van der Waals surface area contributed by atoms with E-state index in [1.165, 1.54) is 0 Å². The molecule has 22 heavy (non-hydrogen) atoms. The van der Waals surface area contributed by atoms with Crippen LogP contribution in [0.2, 0.25) is 0 Å². The molecule has 1 aromatic rings. The Bertz CT molecular complexity index is 689. The Balaban J connectivity index is 2.43. The maximum atomic E-state index is 13.0. The number of aliphatic hydroxyl groups excluding tert-OH is 1. The fourth-order valence-electron chi connectivity index (χ4n) is 2.17. The Hall–Kier alpha value is -1.42. The van der Waals surface area contributed by atoms with Crippen molar-refractivity contribution in [2.24, 2.45) is 5.41 Å². The molecule has 0 saturated heterocycles. The summed E-state index contributed by atoms with van der Waals surface area (Å²) in [6, 6.07) is -0.453.